The molecule has 0 spiro atoms. The normalized spacial score (nSPS) is 12.1. The number of aliphatic carboxylic acids is 1. The Morgan fingerprint density at radius 3 is 2.33 bits per heavy atom. The maximum atomic E-state index is 10.9. The van der Waals surface area contributed by atoms with Crippen LogP contribution in [0.1, 0.15) is 32.3 Å². The largest absolute Gasteiger partial charge is 0.478 e. The number of carboxylic acid groups (broad SMARTS) is 1. The van der Waals surface area contributed by atoms with Gasteiger partial charge in [0.05, 0.1) is 0 Å². The van der Waals surface area contributed by atoms with Crippen molar-refractivity contribution >= 4 is 11.5 Å². The van der Waals surface area contributed by atoms with Gasteiger partial charge in [0.1, 0.15) is 0 Å². The summed E-state index contributed by atoms with van der Waals surface area (Å²) in [4.78, 5) is 10.9. The molecule has 0 aliphatic carbocycles. The van der Waals surface area contributed by atoms with Gasteiger partial charge in [-0.05, 0) is 24.5 Å². The number of hydrogen-bond donors (Lipinski definition) is 1. The van der Waals surface area contributed by atoms with Crippen LogP contribution in [0, 0.1) is 0 Å². The van der Waals surface area contributed by atoms with Crippen molar-refractivity contribution in [2.45, 2.75) is 26.7 Å². The summed E-state index contributed by atoms with van der Waals surface area (Å²) in [6, 6.07) is 9.71. The molecular formula is C13H16O2. The van der Waals surface area contributed by atoms with Crippen LogP contribution in [0.25, 0.3) is 5.57 Å². The molecule has 80 valence electrons. The molecular weight excluding hydrogens is 188 g/mol. The van der Waals surface area contributed by atoms with E-state index in [0.29, 0.717) is 5.57 Å². The Labute approximate surface area is 90.3 Å². The highest BCUT2D eigenvalue weighted by atomic mass is 16.4. The van der Waals surface area contributed by atoms with Crippen molar-refractivity contribution in [3.63, 3.8) is 0 Å². The number of benzene rings is 1. The third kappa shape index (κ3) is 2.94. The molecule has 0 radical (unpaired) electrons. The highest BCUT2D eigenvalue weighted by molar-refractivity contribution is 5.95. The lowest BCUT2D eigenvalue weighted by molar-refractivity contribution is -0.132. The van der Waals surface area contributed by atoms with Gasteiger partial charge < -0.3 is 5.11 Å². The van der Waals surface area contributed by atoms with Crippen LogP contribution in [0.15, 0.2) is 35.9 Å². The van der Waals surface area contributed by atoms with Gasteiger partial charge in [0.15, 0.2) is 0 Å². The van der Waals surface area contributed by atoms with Crippen LogP contribution in [0.2, 0.25) is 0 Å². The smallest absolute Gasteiger partial charge is 0.331 e. The monoisotopic (exact) mass is 204 g/mol. The van der Waals surface area contributed by atoms with Gasteiger partial charge in [-0.1, -0.05) is 43.7 Å². The maximum absolute atomic E-state index is 10.9. The number of hydrogen-bond acceptors (Lipinski definition) is 1. The molecule has 1 aromatic carbocycles. The first kappa shape index (κ1) is 11.5. The molecule has 0 bridgehead atoms. The number of allylic oxidation sites excluding steroid dienone is 1. The number of carboxylic acids is 1. The molecule has 1 rings (SSSR count). The zero-order valence-corrected chi connectivity index (χ0v) is 9.16. The zero-order valence-electron chi connectivity index (χ0n) is 9.16. The van der Waals surface area contributed by atoms with E-state index in [9.17, 15) is 4.79 Å². The van der Waals surface area contributed by atoms with Gasteiger partial charge in [-0.15, -0.1) is 0 Å². The summed E-state index contributed by atoms with van der Waals surface area (Å²) in [5.74, 6) is -0.831. The topological polar surface area (TPSA) is 37.3 Å². The van der Waals surface area contributed by atoms with Crippen molar-refractivity contribution in [1.82, 2.24) is 0 Å². The molecule has 0 aliphatic heterocycles. The quantitative estimate of drug-likeness (QED) is 0.764. The van der Waals surface area contributed by atoms with Gasteiger partial charge in [0, 0.05) is 5.57 Å². The summed E-state index contributed by atoms with van der Waals surface area (Å²) in [6.45, 7) is 3.72. The van der Waals surface area contributed by atoms with Crippen LogP contribution in [0.5, 0.6) is 0 Å². The van der Waals surface area contributed by atoms with Crippen molar-refractivity contribution in [3.05, 3.63) is 41.5 Å². The van der Waals surface area contributed by atoms with Crippen molar-refractivity contribution in [2.75, 3.05) is 0 Å². The molecule has 2 heteroatoms. The van der Waals surface area contributed by atoms with E-state index in [2.05, 4.69) is 6.92 Å². The molecule has 15 heavy (non-hydrogen) atoms. The van der Waals surface area contributed by atoms with Crippen LogP contribution in [0.3, 0.4) is 0 Å². The van der Waals surface area contributed by atoms with E-state index in [-0.39, 0.29) is 0 Å². The Morgan fingerprint density at radius 1 is 1.27 bits per heavy atom. The lowest BCUT2D eigenvalue weighted by Gasteiger charge is -2.08. The average molecular weight is 204 g/mol. The van der Waals surface area contributed by atoms with E-state index in [4.69, 9.17) is 5.11 Å². The predicted molar refractivity (Wildman–Crippen MR) is 61.6 cm³/mol. The van der Waals surface area contributed by atoms with E-state index in [1.807, 2.05) is 30.3 Å². The standard InChI is InChI=1S/C13H16O2/c1-3-7-12(10(2)13(14)15)11-8-5-4-6-9-11/h4-6,8-9H,3,7H2,1-2H3,(H,14,15). The summed E-state index contributed by atoms with van der Waals surface area (Å²) in [5.41, 5.74) is 2.40. The molecule has 0 aromatic heterocycles. The summed E-state index contributed by atoms with van der Waals surface area (Å²) in [7, 11) is 0. The summed E-state index contributed by atoms with van der Waals surface area (Å²) in [6.07, 6.45) is 1.76. The van der Waals surface area contributed by atoms with Crippen LogP contribution < -0.4 is 0 Å². The number of carbonyl (C=O) groups is 1. The van der Waals surface area contributed by atoms with E-state index < -0.39 is 5.97 Å². The SMILES string of the molecule is CCCC(=C(C)C(=O)O)c1ccccc1. The molecule has 0 fully saturated rings. The van der Waals surface area contributed by atoms with E-state index in [1.54, 1.807) is 6.92 Å². The molecule has 1 aromatic rings. The van der Waals surface area contributed by atoms with E-state index in [0.717, 1.165) is 24.0 Å². The minimum Gasteiger partial charge on any atom is -0.478 e. The fourth-order valence-corrected chi connectivity index (χ4v) is 1.57. The minimum atomic E-state index is -0.831. The fourth-order valence-electron chi connectivity index (χ4n) is 1.57. The third-order valence-electron chi connectivity index (χ3n) is 2.40. The van der Waals surface area contributed by atoms with Gasteiger partial charge in [-0.25, -0.2) is 4.79 Å². The Morgan fingerprint density at radius 2 is 1.87 bits per heavy atom. The van der Waals surface area contributed by atoms with Crippen molar-refractivity contribution in [1.29, 1.82) is 0 Å². The molecule has 0 heterocycles. The average Bonchev–Trinajstić information content (AvgIpc) is 2.26. The molecule has 0 atom stereocenters. The van der Waals surface area contributed by atoms with Crippen molar-refractivity contribution in [2.24, 2.45) is 0 Å². The molecule has 1 N–H and O–H groups in total. The Kier molecular flexibility index (Phi) is 4.10. The molecule has 0 amide bonds. The summed E-state index contributed by atoms with van der Waals surface area (Å²) >= 11 is 0. The van der Waals surface area contributed by atoms with Crippen LogP contribution in [0.4, 0.5) is 0 Å². The molecule has 0 unspecified atom stereocenters. The molecule has 2 nitrogen and oxygen atoms in total. The Balaban J connectivity index is 3.14. The van der Waals surface area contributed by atoms with Crippen LogP contribution >= 0.6 is 0 Å². The van der Waals surface area contributed by atoms with Crippen LogP contribution in [-0.2, 0) is 4.79 Å². The molecule has 0 aliphatic rings. The van der Waals surface area contributed by atoms with Crippen LogP contribution in [-0.4, -0.2) is 11.1 Å². The molecule has 0 saturated heterocycles. The second-order valence-corrected chi connectivity index (χ2v) is 3.52. The summed E-state index contributed by atoms with van der Waals surface area (Å²) < 4.78 is 0. The maximum Gasteiger partial charge on any atom is 0.331 e. The van der Waals surface area contributed by atoms with Gasteiger partial charge in [-0.3, -0.25) is 0 Å². The summed E-state index contributed by atoms with van der Waals surface area (Å²) in [5, 5.41) is 8.98. The lowest BCUT2D eigenvalue weighted by Crippen LogP contribution is -2.01. The lowest BCUT2D eigenvalue weighted by atomic mass is 9.97. The first-order chi connectivity index (χ1) is 7.16. The van der Waals surface area contributed by atoms with Crippen molar-refractivity contribution in [3.8, 4) is 0 Å². The number of rotatable bonds is 4. The highest BCUT2D eigenvalue weighted by Gasteiger charge is 2.09. The van der Waals surface area contributed by atoms with Gasteiger partial charge >= 0.3 is 5.97 Å². The second-order valence-electron chi connectivity index (χ2n) is 3.52. The first-order valence-electron chi connectivity index (χ1n) is 5.15. The highest BCUT2D eigenvalue weighted by Crippen LogP contribution is 2.23. The van der Waals surface area contributed by atoms with Gasteiger partial charge in [0.2, 0.25) is 0 Å². The Bertz CT molecular complexity index is 363. The minimum absolute atomic E-state index is 0.447. The van der Waals surface area contributed by atoms with Gasteiger partial charge in [0.25, 0.3) is 0 Å². The van der Waals surface area contributed by atoms with Crippen molar-refractivity contribution < 1.29 is 9.90 Å². The zero-order chi connectivity index (χ0) is 11.3. The first-order valence-corrected chi connectivity index (χ1v) is 5.15. The van der Waals surface area contributed by atoms with E-state index in [1.165, 1.54) is 0 Å². The fraction of sp³-hybridized carbons (Fsp3) is 0.308. The Hall–Kier alpha value is -1.57. The predicted octanol–water partition coefficient (Wildman–Crippen LogP) is 3.34. The van der Waals surface area contributed by atoms with Gasteiger partial charge in [-0.2, -0.15) is 0 Å². The molecule has 0 saturated carbocycles. The second kappa shape index (κ2) is 5.35. The van der Waals surface area contributed by atoms with E-state index >= 15 is 0 Å². The third-order valence-corrected chi connectivity index (χ3v) is 2.40.